The van der Waals surface area contributed by atoms with Crippen LogP contribution in [0.1, 0.15) is 22.5 Å². The van der Waals surface area contributed by atoms with Crippen molar-refractivity contribution in [2.24, 2.45) is 0 Å². The average molecular weight is 267 g/mol. The summed E-state index contributed by atoms with van der Waals surface area (Å²) in [6.07, 6.45) is -2.52. The molecule has 0 saturated heterocycles. The minimum absolute atomic E-state index is 0.571. The maximum atomic E-state index is 12.7. The van der Waals surface area contributed by atoms with E-state index in [-0.39, 0.29) is 0 Å². The third-order valence-electron chi connectivity index (χ3n) is 1.82. The fourth-order valence-electron chi connectivity index (χ4n) is 1.14. The number of nitrogens with zero attached hydrogens (tertiary/aromatic N) is 2. The van der Waals surface area contributed by atoms with Crippen LogP contribution < -0.4 is 0 Å². The van der Waals surface area contributed by atoms with Gasteiger partial charge in [-0.3, -0.25) is 10.1 Å². The molecule has 17 heavy (non-hydrogen) atoms. The van der Waals surface area contributed by atoms with Gasteiger partial charge in [-0.15, -0.1) is 0 Å². The van der Waals surface area contributed by atoms with Crippen LogP contribution >= 0.6 is 11.6 Å². The number of alkyl halides is 2. The Labute approximate surface area is 98.3 Å². The number of pyridine rings is 1. The number of rotatable bonds is 3. The molecular weight excluding hydrogens is 262 g/mol. The lowest BCUT2D eigenvalue weighted by Crippen LogP contribution is -2.11. The molecule has 0 aliphatic rings. The molecule has 0 aliphatic heterocycles. The molecule has 0 saturated carbocycles. The quantitative estimate of drug-likeness (QED) is 0.476. The largest absolute Gasteiger partial charge is 0.464 e. The molecule has 0 N–H and O–H groups in total. The fraction of sp³-hybridized carbons (Fsp3) is 0.250. The van der Waals surface area contributed by atoms with Crippen molar-refractivity contribution >= 4 is 23.3 Å². The summed E-state index contributed by atoms with van der Waals surface area (Å²) in [5.74, 6) is -1.19. The van der Waals surface area contributed by atoms with Gasteiger partial charge in [0.25, 0.3) is 6.43 Å². The van der Waals surface area contributed by atoms with Gasteiger partial charge in [-0.2, -0.15) is 0 Å². The normalized spacial score (nSPS) is 10.4. The van der Waals surface area contributed by atoms with E-state index in [4.69, 9.17) is 11.6 Å². The number of hydrogen-bond acceptors (Lipinski definition) is 5. The van der Waals surface area contributed by atoms with Crippen LogP contribution in [0.4, 0.5) is 14.5 Å². The first-order valence-electron chi connectivity index (χ1n) is 4.09. The molecule has 1 aromatic heterocycles. The van der Waals surface area contributed by atoms with Crippen molar-refractivity contribution in [3.8, 4) is 0 Å². The summed E-state index contributed by atoms with van der Waals surface area (Å²) in [4.78, 5) is 24.0. The number of hydrogen-bond donors (Lipinski definition) is 0. The summed E-state index contributed by atoms with van der Waals surface area (Å²) in [7, 11) is 0.944. The molecule has 0 fully saturated rings. The van der Waals surface area contributed by atoms with Crippen molar-refractivity contribution in [3.05, 3.63) is 32.6 Å². The zero-order valence-electron chi connectivity index (χ0n) is 8.32. The Morgan fingerprint density at radius 3 is 2.65 bits per heavy atom. The van der Waals surface area contributed by atoms with Gasteiger partial charge < -0.3 is 4.74 Å². The Balaban J connectivity index is 3.59. The first-order valence-corrected chi connectivity index (χ1v) is 4.47. The maximum Gasteiger partial charge on any atom is 0.357 e. The number of methoxy groups -OCH3 is 1. The van der Waals surface area contributed by atoms with Crippen molar-refractivity contribution in [2.45, 2.75) is 6.43 Å². The zero-order valence-corrected chi connectivity index (χ0v) is 9.07. The molecule has 0 spiro atoms. The van der Waals surface area contributed by atoms with E-state index in [0.29, 0.717) is 0 Å². The smallest absolute Gasteiger partial charge is 0.357 e. The number of carbonyl (C=O) groups excluding carboxylic acids is 1. The lowest BCUT2D eigenvalue weighted by Gasteiger charge is -2.07. The maximum absolute atomic E-state index is 12.7. The Kier molecular flexibility index (Phi) is 3.89. The Hall–Kier alpha value is -1.83. The molecule has 1 rings (SSSR count). The van der Waals surface area contributed by atoms with E-state index in [1.165, 1.54) is 0 Å². The van der Waals surface area contributed by atoms with Gasteiger partial charge in [0.05, 0.1) is 18.2 Å². The number of esters is 1. The summed E-state index contributed by atoms with van der Waals surface area (Å²) >= 11 is 5.40. The molecule has 0 bridgehead atoms. The van der Waals surface area contributed by atoms with Crippen LogP contribution in [-0.2, 0) is 4.74 Å². The Morgan fingerprint density at radius 2 is 2.24 bits per heavy atom. The van der Waals surface area contributed by atoms with Crippen LogP contribution in [0.15, 0.2) is 6.20 Å². The lowest BCUT2D eigenvalue weighted by atomic mass is 10.1. The monoisotopic (exact) mass is 266 g/mol. The Morgan fingerprint density at radius 1 is 1.65 bits per heavy atom. The Bertz CT molecular complexity index is 481. The van der Waals surface area contributed by atoms with Gasteiger partial charge in [-0.05, 0) is 0 Å². The van der Waals surface area contributed by atoms with Crippen LogP contribution in [0.5, 0.6) is 0 Å². The molecule has 0 aromatic carbocycles. The van der Waals surface area contributed by atoms with Crippen molar-refractivity contribution in [1.29, 1.82) is 0 Å². The minimum Gasteiger partial charge on any atom is -0.464 e. The van der Waals surface area contributed by atoms with Gasteiger partial charge in [-0.25, -0.2) is 18.6 Å². The average Bonchev–Trinajstić information content (AvgIpc) is 2.26. The standard InChI is InChI=1S/C8H5ClF2N2O4/c1-17-8(14)5-4(7(10)11)6(13(15)16)3(9)2-12-5/h2,7H,1H3. The molecule has 0 atom stereocenters. The molecule has 0 radical (unpaired) electrons. The number of aromatic nitrogens is 1. The lowest BCUT2D eigenvalue weighted by molar-refractivity contribution is -0.386. The summed E-state index contributed by atoms with van der Waals surface area (Å²) in [6, 6.07) is 0. The van der Waals surface area contributed by atoms with Gasteiger partial charge in [0.2, 0.25) is 0 Å². The minimum atomic E-state index is -3.27. The topological polar surface area (TPSA) is 82.3 Å². The second-order valence-electron chi connectivity index (χ2n) is 2.77. The molecule has 0 unspecified atom stereocenters. The van der Waals surface area contributed by atoms with Gasteiger partial charge in [0.1, 0.15) is 10.6 Å². The first-order chi connectivity index (χ1) is 7.90. The van der Waals surface area contributed by atoms with E-state index in [1.54, 1.807) is 0 Å². The second-order valence-corrected chi connectivity index (χ2v) is 3.17. The molecule has 92 valence electrons. The highest BCUT2D eigenvalue weighted by Gasteiger charge is 2.33. The molecule has 0 aliphatic carbocycles. The third-order valence-corrected chi connectivity index (χ3v) is 2.10. The van der Waals surface area contributed by atoms with Gasteiger partial charge in [-0.1, -0.05) is 11.6 Å². The predicted octanol–water partition coefficient (Wildman–Crippen LogP) is 2.37. The predicted molar refractivity (Wildman–Crippen MR) is 52.2 cm³/mol. The number of ether oxygens (including phenoxy) is 1. The zero-order chi connectivity index (χ0) is 13.2. The SMILES string of the molecule is COC(=O)c1ncc(Cl)c([N+](=O)[O-])c1C(F)F. The molecule has 1 aromatic rings. The van der Waals surface area contributed by atoms with Crippen molar-refractivity contribution in [2.75, 3.05) is 7.11 Å². The van der Waals surface area contributed by atoms with Crippen molar-refractivity contribution in [3.63, 3.8) is 0 Å². The highest BCUT2D eigenvalue weighted by Crippen LogP contribution is 2.36. The van der Waals surface area contributed by atoms with Crippen molar-refractivity contribution in [1.82, 2.24) is 4.98 Å². The van der Waals surface area contributed by atoms with E-state index < -0.39 is 39.3 Å². The third kappa shape index (κ3) is 2.47. The molecule has 9 heteroatoms. The highest BCUT2D eigenvalue weighted by molar-refractivity contribution is 6.32. The van der Waals surface area contributed by atoms with Gasteiger partial charge in [0, 0.05) is 0 Å². The van der Waals surface area contributed by atoms with E-state index in [1.807, 2.05) is 0 Å². The van der Waals surface area contributed by atoms with Crippen LogP contribution in [0, 0.1) is 10.1 Å². The van der Waals surface area contributed by atoms with E-state index in [9.17, 15) is 23.7 Å². The fourth-order valence-corrected chi connectivity index (χ4v) is 1.36. The van der Waals surface area contributed by atoms with Crippen LogP contribution in [0.25, 0.3) is 0 Å². The highest BCUT2D eigenvalue weighted by atomic mass is 35.5. The molecular formula is C8H5ClF2N2O4. The number of nitro groups is 1. The van der Waals surface area contributed by atoms with Gasteiger partial charge >= 0.3 is 11.7 Å². The number of carbonyl (C=O) groups is 1. The van der Waals surface area contributed by atoms with Gasteiger partial charge in [0.15, 0.2) is 5.69 Å². The first kappa shape index (κ1) is 13.2. The van der Waals surface area contributed by atoms with Crippen LogP contribution in [-0.4, -0.2) is 23.0 Å². The van der Waals surface area contributed by atoms with Crippen molar-refractivity contribution < 1.29 is 23.2 Å². The summed E-state index contributed by atoms with van der Waals surface area (Å²) in [5.41, 5.74) is -3.01. The molecule has 1 heterocycles. The van der Waals surface area contributed by atoms with E-state index in [0.717, 1.165) is 13.3 Å². The van der Waals surface area contributed by atoms with E-state index in [2.05, 4.69) is 9.72 Å². The molecule has 0 amide bonds. The summed E-state index contributed by atoms with van der Waals surface area (Å²) in [5, 5.41) is 10.0. The molecule has 6 nitrogen and oxygen atoms in total. The summed E-state index contributed by atoms with van der Waals surface area (Å²) < 4.78 is 29.6. The summed E-state index contributed by atoms with van der Waals surface area (Å²) in [6.45, 7) is 0. The van der Waals surface area contributed by atoms with Crippen LogP contribution in [0.2, 0.25) is 5.02 Å². The number of halogens is 3. The van der Waals surface area contributed by atoms with Crippen LogP contribution in [0.3, 0.4) is 0 Å². The second kappa shape index (κ2) is 5.00. The van der Waals surface area contributed by atoms with E-state index >= 15 is 0 Å².